The molecule has 24 heavy (non-hydrogen) atoms. The fraction of sp³-hybridized carbons (Fsp3) is 0.294. The number of hydrogen-bond acceptors (Lipinski definition) is 3. The van der Waals surface area contributed by atoms with E-state index in [1.165, 1.54) is 0 Å². The molecular formula is C17H18F2N2O2S. The van der Waals surface area contributed by atoms with Gasteiger partial charge in [0.2, 0.25) is 0 Å². The number of sulfonamides is 1. The molecule has 0 amide bonds. The molecule has 1 saturated heterocycles. The van der Waals surface area contributed by atoms with Crippen molar-refractivity contribution >= 4 is 21.4 Å². The van der Waals surface area contributed by atoms with Gasteiger partial charge in [-0.3, -0.25) is 4.72 Å². The Morgan fingerprint density at radius 2 is 1.75 bits per heavy atom. The van der Waals surface area contributed by atoms with Gasteiger partial charge < -0.3 is 4.90 Å². The summed E-state index contributed by atoms with van der Waals surface area (Å²) >= 11 is 0. The number of hydrogen-bond donors (Lipinski definition) is 1. The lowest BCUT2D eigenvalue weighted by Crippen LogP contribution is -2.19. The number of halogens is 2. The lowest BCUT2D eigenvalue weighted by molar-refractivity contribution is 0.551. The molecule has 128 valence electrons. The first-order chi connectivity index (χ1) is 11.4. The number of benzene rings is 2. The van der Waals surface area contributed by atoms with Crippen molar-refractivity contribution < 1.29 is 17.2 Å². The molecule has 1 N–H and O–H groups in total. The highest BCUT2D eigenvalue weighted by Crippen LogP contribution is 2.28. The Bertz CT molecular complexity index is 863. The van der Waals surface area contributed by atoms with Crippen LogP contribution in [0.15, 0.2) is 41.3 Å². The average molecular weight is 352 g/mol. The Labute approximate surface area is 140 Å². The van der Waals surface area contributed by atoms with E-state index in [-0.39, 0.29) is 0 Å². The first-order valence-corrected chi connectivity index (χ1v) is 9.18. The van der Waals surface area contributed by atoms with Crippen molar-refractivity contribution in [3.8, 4) is 0 Å². The molecule has 2 aromatic carbocycles. The van der Waals surface area contributed by atoms with Gasteiger partial charge >= 0.3 is 0 Å². The van der Waals surface area contributed by atoms with E-state index in [0.717, 1.165) is 49.3 Å². The van der Waals surface area contributed by atoms with Crippen LogP contribution < -0.4 is 9.62 Å². The second-order valence-electron chi connectivity index (χ2n) is 5.88. The van der Waals surface area contributed by atoms with Crippen molar-refractivity contribution in [1.82, 2.24) is 0 Å². The first-order valence-electron chi connectivity index (χ1n) is 7.70. The second kappa shape index (κ2) is 6.39. The van der Waals surface area contributed by atoms with Gasteiger partial charge in [-0.2, -0.15) is 0 Å². The summed E-state index contributed by atoms with van der Waals surface area (Å²) in [5.41, 5.74) is 2.36. The van der Waals surface area contributed by atoms with Crippen molar-refractivity contribution in [3.63, 3.8) is 0 Å². The molecule has 7 heteroatoms. The highest BCUT2D eigenvalue weighted by Gasteiger charge is 2.20. The van der Waals surface area contributed by atoms with Crippen LogP contribution in [0.5, 0.6) is 0 Å². The summed E-state index contributed by atoms with van der Waals surface area (Å²) in [4.78, 5) is 1.68. The van der Waals surface area contributed by atoms with E-state index < -0.39 is 26.6 Å². The number of rotatable bonds is 4. The van der Waals surface area contributed by atoms with Crippen LogP contribution in [0.25, 0.3) is 0 Å². The average Bonchev–Trinajstić information content (AvgIpc) is 3.00. The zero-order chi connectivity index (χ0) is 17.3. The Morgan fingerprint density at radius 1 is 1.04 bits per heavy atom. The molecule has 0 aliphatic carbocycles. The molecule has 1 aliphatic rings. The maximum absolute atomic E-state index is 13.7. The van der Waals surface area contributed by atoms with Gasteiger partial charge in [0, 0.05) is 30.5 Å². The summed E-state index contributed by atoms with van der Waals surface area (Å²) in [6, 6.07) is 7.61. The summed E-state index contributed by atoms with van der Waals surface area (Å²) in [5, 5.41) is 0. The predicted molar refractivity (Wildman–Crippen MR) is 89.8 cm³/mol. The smallest absolute Gasteiger partial charge is 0.264 e. The molecular weight excluding hydrogens is 334 g/mol. The van der Waals surface area contributed by atoms with Gasteiger partial charge in [0.05, 0.1) is 0 Å². The van der Waals surface area contributed by atoms with Gasteiger partial charge in [-0.25, -0.2) is 17.2 Å². The van der Waals surface area contributed by atoms with Gasteiger partial charge in [-0.1, -0.05) is 0 Å². The summed E-state index contributed by atoms with van der Waals surface area (Å²) in [7, 11) is -4.11. The summed E-state index contributed by atoms with van der Waals surface area (Å²) < 4.78 is 53.6. The third-order valence-electron chi connectivity index (χ3n) is 4.08. The van der Waals surface area contributed by atoms with E-state index in [0.29, 0.717) is 11.8 Å². The zero-order valence-electron chi connectivity index (χ0n) is 13.2. The molecule has 0 saturated carbocycles. The van der Waals surface area contributed by atoms with Gasteiger partial charge in [0.25, 0.3) is 10.0 Å². The molecule has 1 heterocycles. The van der Waals surface area contributed by atoms with Crippen molar-refractivity contribution in [1.29, 1.82) is 0 Å². The molecule has 0 bridgehead atoms. The maximum Gasteiger partial charge on any atom is 0.264 e. The van der Waals surface area contributed by atoms with E-state index in [1.807, 2.05) is 13.0 Å². The molecule has 0 aromatic heterocycles. The highest BCUT2D eigenvalue weighted by atomic mass is 32.2. The predicted octanol–water partition coefficient (Wildman–Crippen LogP) is 3.67. The fourth-order valence-corrected chi connectivity index (χ4v) is 4.05. The van der Waals surface area contributed by atoms with Crippen LogP contribution in [0.1, 0.15) is 18.4 Å². The quantitative estimate of drug-likeness (QED) is 0.913. The van der Waals surface area contributed by atoms with Crippen LogP contribution >= 0.6 is 0 Å². The standard InChI is InChI=1S/C17H18F2N2O2S/c1-12-10-14(5-6-16(12)21-8-2-3-9-21)20-24(22,23)17-7-4-13(18)11-15(17)19/h4-7,10-11,20H,2-3,8-9H2,1H3. The lowest BCUT2D eigenvalue weighted by atomic mass is 10.1. The largest absolute Gasteiger partial charge is 0.371 e. The molecule has 2 aromatic rings. The normalized spacial score (nSPS) is 14.9. The van der Waals surface area contributed by atoms with E-state index in [1.54, 1.807) is 12.1 Å². The maximum atomic E-state index is 13.7. The third kappa shape index (κ3) is 3.36. The summed E-state index contributed by atoms with van der Waals surface area (Å²) in [6.45, 7) is 3.89. The van der Waals surface area contributed by atoms with Gasteiger partial charge in [-0.05, 0) is 55.7 Å². The van der Waals surface area contributed by atoms with Gasteiger partial charge in [0.15, 0.2) is 0 Å². The lowest BCUT2D eigenvalue weighted by Gasteiger charge is -2.21. The molecule has 3 rings (SSSR count). The Morgan fingerprint density at radius 3 is 2.38 bits per heavy atom. The molecule has 4 nitrogen and oxygen atoms in total. The first kappa shape index (κ1) is 16.7. The van der Waals surface area contributed by atoms with Crippen LogP contribution in [-0.2, 0) is 10.0 Å². The number of nitrogens with one attached hydrogen (secondary N) is 1. The Hall–Kier alpha value is -2.15. The number of anilines is 2. The van der Waals surface area contributed by atoms with E-state index in [9.17, 15) is 17.2 Å². The summed E-state index contributed by atoms with van der Waals surface area (Å²) in [6.07, 6.45) is 2.30. The van der Waals surface area contributed by atoms with E-state index >= 15 is 0 Å². The van der Waals surface area contributed by atoms with Crippen molar-refractivity contribution in [3.05, 3.63) is 53.6 Å². The van der Waals surface area contributed by atoms with E-state index in [2.05, 4.69) is 9.62 Å². The van der Waals surface area contributed by atoms with E-state index in [4.69, 9.17) is 0 Å². The highest BCUT2D eigenvalue weighted by molar-refractivity contribution is 7.92. The molecule has 0 spiro atoms. The second-order valence-corrected chi connectivity index (χ2v) is 7.53. The number of nitrogens with zero attached hydrogens (tertiary/aromatic N) is 1. The monoisotopic (exact) mass is 352 g/mol. The fourth-order valence-electron chi connectivity index (χ4n) is 2.94. The minimum atomic E-state index is -4.11. The molecule has 0 radical (unpaired) electrons. The topological polar surface area (TPSA) is 49.4 Å². The minimum Gasteiger partial charge on any atom is -0.371 e. The van der Waals surface area contributed by atoms with Gasteiger partial charge in [0.1, 0.15) is 16.5 Å². The van der Waals surface area contributed by atoms with Crippen LogP contribution in [0.2, 0.25) is 0 Å². The zero-order valence-corrected chi connectivity index (χ0v) is 14.0. The molecule has 1 fully saturated rings. The van der Waals surface area contributed by atoms with Crippen LogP contribution in [0.3, 0.4) is 0 Å². The Kier molecular flexibility index (Phi) is 4.45. The third-order valence-corrected chi connectivity index (χ3v) is 5.49. The van der Waals surface area contributed by atoms with Crippen LogP contribution in [-0.4, -0.2) is 21.5 Å². The van der Waals surface area contributed by atoms with Crippen LogP contribution in [0.4, 0.5) is 20.2 Å². The molecule has 1 aliphatic heterocycles. The molecule has 0 atom stereocenters. The summed E-state index contributed by atoms with van der Waals surface area (Å²) in [5.74, 6) is -1.94. The minimum absolute atomic E-state index is 0.346. The van der Waals surface area contributed by atoms with Gasteiger partial charge in [-0.15, -0.1) is 0 Å². The SMILES string of the molecule is Cc1cc(NS(=O)(=O)c2ccc(F)cc2F)ccc1N1CCCC1. The van der Waals surface area contributed by atoms with Crippen molar-refractivity contribution in [2.24, 2.45) is 0 Å². The van der Waals surface area contributed by atoms with Crippen molar-refractivity contribution in [2.45, 2.75) is 24.7 Å². The molecule has 0 unspecified atom stereocenters. The Balaban J connectivity index is 1.86. The number of aryl methyl sites for hydroxylation is 1. The van der Waals surface area contributed by atoms with Crippen LogP contribution in [0, 0.1) is 18.6 Å². The van der Waals surface area contributed by atoms with Crippen molar-refractivity contribution in [2.75, 3.05) is 22.7 Å².